The quantitative estimate of drug-likeness (QED) is 0.799. The zero-order chi connectivity index (χ0) is 16.7. The minimum atomic E-state index is -1.08. The SMILES string of the molecule is CCOc1ccc(CCC(=O)NC2(C(=O)O)CCSCC2)cc1. The molecule has 126 valence electrons. The Morgan fingerprint density at radius 3 is 2.48 bits per heavy atom. The number of hydrogen-bond donors (Lipinski definition) is 2. The first-order valence-electron chi connectivity index (χ1n) is 7.89. The van der Waals surface area contributed by atoms with Gasteiger partial charge >= 0.3 is 5.97 Å². The standard InChI is InChI=1S/C17H23NO4S/c1-2-22-14-6-3-13(4-7-14)5-8-15(19)18-17(16(20)21)9-11-23-12-10-17/h3-4,6-7H,2,5,8-12H2,1H3,(H,18,19)(H,20,21). The lowest BCUT2D eigenvalue weighted by Crippen LogP contribution is -2.56. The summed E-state index contributed by atoms with van der Waals surface area (Å²) in [5, 5.41) is 12.2. The van der Waals surface area contributed by atoms with E-state index in [-0.39, 0.29) is 12.3 Å². The number of ether oxygens (including phenoxy) is 1. The predicted molar refractivity (Wildman–Crippen MR) is 91.0 cm³/mol. The number of amides is 1. The molecule has 0 atom stereocenters. The monoisotopic (exact) mass is 337 g/mol. The van der Waals surface area contributed by atoms with Crippen LogP contribution in [0.15, 0.2) is 24.3 Å². The van der Waals surface area contributed by atoms with E-state index in [0.29, 0.717) is 25.9 Å². The topological polar surface area (TPSA) is 75.6 Å². The van der Waals surface area contributed by atoms with Gasteiger partial charge in [-0.15, -0.1) is 0 Å². The Hall–Kier alpha value is -1.69. The molecule has 2 N–H and O–H groups in total. The molecule has 0 saturated carbocycles. The average Bonchev–Trinajstić information content (AvgIpc) is 2.55. The average molecular weight is 337 g/mol. The molecule has 0 spiro atoms. The highest BCUT2D eigenvalue weighted by Gasteiger charge is 2.41. The van der Waals surface area contributed by atoms with Crippen LogP contribution in [0.2, 0.25) is 0 Å². The molecular formula is C17H23NO4S. The summed E-state index contributed by atoms with van der Waals surface area (Å²) in [6.45, 7) is 2.55. The summed E-state index contributed by atoms with van der Waals surface area (Å²) in [5.41, 5.74) is -0.0478. The predicted octanol–water partition coefficient (Wildman–Crippen LogP) is 2.48. The Morgan fingerprint density at radius 1 is 1.26 bits per heavy atom. The largest absolute Gasteiger partial charge is 0.494 e. The number of carboxylic acids is 1. The number of carboxylic acid groups (broad SMARTS) is 1. The van der Waals surface area contributed by atoms with Crippen molar-refractivity contribution < 1.29 is 19.4 Å². The summed E-state index contributed by atoms with van der Waals surface area (Å²) in [4.78, 5) is 23.7. The summed E-state index contributed by atoms with van der Waals surface area (Å²) < 4.78 is 5.38. The lowest BCUT2D eigenvalue weighted by Gasteiger charge is -2.33. The van der Waals surface area contributed by atoms with Crippen LogP contribution >= 0.6 is 11.8 Å². The minimum Gasteiger partial charge on any atom is -0.494 e. The maximum Gasteiger partial charge on any atom is 0.329 e. The number of aliphatic carboxylic acids is 1. The van der Waals surface area contributed by atoms with Crippen molar-refractivity contribution in [3.63, 3.8) is 0 Å². The third-order valence-electron chi connectivity index (χ3n) is 4.01. The zero-order valence-electron chi connectivity index (χ0n) is 13.3. The summed E-state index contributed by atoms with van der Waals surface area (Å²) in [5.74, 6) is 1.22. The van der Waals surface area contributed by atoms with E-state index in [4.69, 9.17) is 4.74 Å². The van der Waals surface area contributed by atoms with Crippen LogP contribution in [0.1, 0.15) is 31.7 Å². The molecule has 0 radical (unpaired) electrons. The zero-order valence-corrected chi connectivity index (χ0v) is 14.2. The van der Waals surface area contributed by atoms with Crippen molar-refractivity contribution in [3.05, 3.63) is 29.8 Å². The number of hydrogen-bond acceptors (Lipinski definition) is 4. The first-order valence-corrected chi connectivity index (χ1v) is 9.05. The van der Waals surface area contributed by atoms with Gasteiger partial charge in [-0.3, -0.25) is 4.79 Å². The molecule has 1 aromatic carbocycles. The molecule has 1 fully saturated rings. The van der Waals surface area contributed by atoms with Gasteiger partial charge in [0.1, 0.15) is 11.3 Å². The van der Waals surface area contributed by atoms with Gasteiger partial charge in [-0.25, -0.2) is 4.79 Å². The molecule has 1 aromatic rings. The summed E-state index contributed by atoms with van der Waals surface area (Å²) in [6.07, 6.45) is 1.85. The summed E-state index contributed by atoms with van der Waals surface area (Å²) in [7, 11) is 0. The van der Waals surface area contributed by atoms with Gasteiger partial charge < -0.3 is 15.2 Å². The summed E-state index contributed by atoms with van der Waals surface area (Å²) >= 11 is 1.73. The molecule has 1 saturated heterocycles. The molecule has 1 amide bonds. The van der Waals surface area contributed by atoms with Crippen molar-refractivity contribution in [1.29, 1.82) is 0 Å². The van der Waals surface area contributed by atoms with Crippen LogP contribution in [-0.2, 0) is 16.0 Å². The Bertz CT molecular complexity index is 538. The van der Waals surface area contributed by atoms with Crippen LogP contribution in [-0.4, -0.2) is 40.6 Å². The van der Waals surface area contributed by atoms with Crippen molar-refractivity contribution in [3.8, 4) is 5.75 Å². The molecule has 0 bridgehead atoms. The van der Waals surface area contributed by atoms with E-state index < -0.39 is 11.5 Å². The number of rotatable bonds is 7. The molecule has 0 unspecified atom stereocenters. The van der Waals surface area contributed by atoms with Crippen LogP contribution in [0.25, 0.3) is 0 Å². The first-order chi connectivity index (χ1) is 11.1. The number of carbonyl (C=O) groups is 2. The van der Waals surface area contributed by atoms with Crippen molar-refractivity contribution in [2.45, 2.75) is 38.1 Å². The van der Waals surface area contributed by atoms with Gasteiger partial charge in [0.15, 0.2) is 0 Å². The second-order valence-electron chi connectivity index (χ2n) is 5.62. The lowest BCUT2D eigenvalue weighted by atomic mass is 9.92. The number of benzene rings is 1. The fourth-order valence-electron chi connectivity index (χ4n) is 2.62. The number of nitrogens with one attached hydrogen (secondary N) is 1. The molecule has 23 heavy (non-hydrogen) atoms. The van der Waals surface area contributed by atoms with E-state index in [9.17, 15) is 14.7 Å². The maximum absolute atomic E-state index is 12.2. The van der Waals surface area contributed by atoms with Crippen molar-refractivity contribution in [2.75, 3.05) is 18.1 Å². The first kappa shape index (κ1) is 17.7. The normalized spacial score (nSPS) is 16.6. The molecule has 5 nitrogen and oxygen atoms in total. The maximum atomic E-state index is 12.2. The van der Waals surface area contributed by atoms with E-state index in [0.717, 1.165) is 22.8 Å². The number of carbonyl (C=O) groups excluding carboxylic acids is 1. The number of aryl methyl sites for hydroxylation is 1. The second-order valence-corrected chi connectivity index (χ2v) is 6.85. The van der Waals surface area contributed by atoms with E-state index in [1.54, 1.807) is 11.8 Å². The molecule has 1 aliphatic rings. The third-order valence-corrected chi connectivity index (χ3v) is 5.00. The van der Waals surface area contributed by atoms with Crippen LogP contribution in [0.5, 0.6) is 5.75 Å². The minimum absolute atomic E-state index is 0.201. The van der Waals surface area contributed by atoms with Gasteiger partial charge in [0.05, 0.1) is 6.61 Å². The molecule has 0 aromatic heterocycles. The van der Waals surface area contributed by atoms with Crippen LogP contribution in [0.4, 0.5) is 0 Å². The number of thioether (sulfide) groups is 1. The van der Waals surface area contributed by atoms with Crippen LogP contribution < -0.4 is 10.1 Å². The van der Waals surface area contributed by atoms with E-state index in [1.165, 1.54) is 0 Å². The van der Waals surface area contributed by atoms with Gasteiger partial charge in [-0.1, -0.05) is 12.1 Å². The van der Waals surface area contributed by atoms with Crippen molar-refractivity contribution >= 4 is 23.6 Å². The highest BCUT2D eigenvalue weighted by Crippen LogP contribution is 2.27. The highest BCUT2D eigenvalue weighted by atomic mass is 32.2. The summed E-state index contributed by atoms with van der Waals surface area (Å²) in [6, 6.07) is 7.63. The lowest BCUT2D eigenvalue weighted by molar-refractivity contribution is -0.148. The molecule has 2 rings (SSSR count). The molecular weight excluding hydrogens is 314 g/mol. The highest BCUT2D eigenvalue weighted by molar-refractivity contribution is 7.99. The molecule has 6 heteroatoms. The second kappa shape index (κ2) is 8.24. The Morgan fingerprint density at radius 2 is 1.91 bits per heavy atom. The Labute approximate surface area is 140 Å². The fourth-order valence-corrected chi connectivity index (χ4v) is 3.81. The van der Waals surface area contributed by atoms with E-state index in [1.807, 2.05) is 31.2 Å². The van der Waals surface area contributed by atoms with Gasteiger partial charge in [0, 0.05) is 6.42 Å². The Kier molecular flexibility index (Phi) is 6.33. The third kappa shape index (κ3) is 4.89. The van der Waals surface area contributed by atoms with Gasteiger partial charge in [-0.05, 0) is 55.4 Å². The smallest absolute Gasteiger partial charge is 0.329 e. The van der Waals surface area contributed by atoms with Crippen LogP contribution in [0, 0.1) is 0 Å². The fraction of sp³-hybridized carbons (Fsp3) is 0.529. The Balaban J connectivity index is 1.87. The molecule has 1 heterocycles. The van der Waals surface area contributed by atoms with Gasteiger partial charge in [0.25, 0.3) is 0 Å². The van der Waals surface area contributed by atoms with Gasteiger partial charge in [0.2, 0.25) is 5.91 Å². The van der Waals surface area contributed by atoms with Crippen LogP contribution in [0.3, 0.4) is 0 Å². The molecule has 0 aliphatic carbocycles. The van der Waals surface area contributed by atoms with E-state index >= 15 is 0 Å². The van der Waals surface area contributed by atoms with Gasteiger partial charge in [-0.2, -0.15) is 11.8 Å². The van der Waals surface area contributed by atoms with E-state index in [2.05, 4.69) is 5.32 Å². The van der Waals surface area contributed by atoms with Crippen molar-refractivity contribution in [2.24, 2.45) is 0 Å². The molecule has 1 aliphatic heterocycles. The van der Waals surface area contributed by atoms with Crippen molar-refractivity contribution in [1.82, 2.24) is 5.32 Å².